The summed E-state index contributed by atoms with van der Waals surface area (Å²) in [5, 5.41) is 4.51. The first-order chi connectivity index (χ1) is 20.0. The molecule has 4 aromatic rings. The van der Waals surface area contributed by atoms with Crippen molar-refractivity contribution < 1.29 is 14.3 Å². The molecule has 0 saturated carbocycles. The largest absolute Gasteiger partial charge is 0.383 e. The molecule has 2 amide bonds. The lowest BCUT2D eigenvalue weighted by molar-refractivity contribution is 0.0330. The third kappa shape index (κ3) is 4.42. The fraction of sp³-hybridized carbons (Fsp3) is 0.387. The summed E-state index contributed by atoms with van der Waals surface area (Å²) in [6, 6.07) is 14.4. The standard InChI is InChI=1S/C31H33N7O3/c1-19(39)27-28(22-15-23-8-9-24(16-22)37(23)31(40)36-11-13-41-14-12-36)35-30-25(18-34-38(30)29(27)32)21-7-10-26(33-17-21)20-5-3-2-4-6-20/h2-7,10,17-18,22-24H,8-9,11-16,32H2,1H3/t22-,23-,24+. The van der Waals surface area contributed by atoms with E-state index in [-0.39, 0.29) is 29.8 Å². The number of nitrogens with zero attached hydrogens (tertiary/aromatic N) is 6. The maximum Gasteiger partial charge on any atom is 0.320 e. The molecular weight excluding hydrogens is 518 g/mol. The zero-order valence-corrected chi connectivity index (χ0v) is 23.1. The number of amides is 2. The molecule has 0 spiro atoms. The molecule has 210 valence electrons. The first-order valence-electron chi connectivity index (χ1n) is 14.3. The molecule has 3 aliphatic heterocycles. The van der Waals surface area contributed by atoms with E-state index in [1.165, 1.54) is 6.92 Å². The molecule has 7 rings (SSSR count). The highest BCUT2D eigenvalue weighted by Crippen LogP contribution is 2.45. The molecule has 0 aliphatic carbocycles. The van der Waals surface area contributed by atoms with E-state index < -0.39 is 0 Å². The van der Waals surface area contributed by atoms with Gasteiger partial charge in [0.1, 0.15) is 5.82 Å². The van der Waals surface area contributed by atoms with Gasteiger partial charge in [-0.2, -0.15) is 9.61 Å². The van der Waals surface area contributed by atoms with Crippen LogP contribution in [0, 0.1) is 0 Å². The summed E-state index contributed by atoms with van der Waals surface area (Å²) in [7, 11) is 0. The lowest BCUT2D eigenvalue weighted by Crippen LogP contribution is -2.54. The molecule has 6 heterocycles. The molecule has 3 saturated heterocycles. The van der Waals surface area contributed by atoms with Crippen molar-refractivity contribution >= 4 is 23.3 Å². The van der Waals surface area contributed by atoms with Crippen molar-refractivity contribution in [3.05, 3.63) is 66.1 Å². The third-order valence-corrected chi connectivity index (χ3v) is 8.83. The van der Waals surface area contributed by atoms with Gasteiger partial charge in [-0.05, 0) is 38.7 Å². The van der Waals surface area contributed by atoms with Crippen LogP contribution in [-0.4, -0.2) is 79.6 Å². The Hall–Kier alpha value is -4.31. The van der Waals surface area contributed by atoms with Gasteiger partial charge in [0.05, 0.1) is 36.4 Å². The molecule has 41 heavy (non-hydrogen) atoms. The van der Waals surface area contributed by atoms with E-state index >= 15 is 0 Å². The number of nitrogen functional groups attached to an aromatic ring is 1. The number of anilines is 1. The highest BCUT2D eigenvalue weighted by atomic mass is 16.5. The summed E-state index contributed by atoms with van der Waals surface area (Å²) in [6.07, 6.45) is 6.99. The average Bonchev–Trinajstić information content (AvgIpc) is 3.55. The van der Waals surface area contributed by atoms with E-state index in [0.717, 1.165) is 48.1 Å². The van der Waals surface area contributed by atoms with Crippen LogP contribution in [0.5, 0.6) is 0 Å². The van der Waals surface area contributed by atoms with E-state index in [0.29, 0.717) is 49.0 Å². The molecule has 3 atom stereocenters. The van der Waals surface area contributed by atoms with Gasteiger partial charge < -0.3 is 20.3 Å². The number of carbonyl (C=O) groups excluding carboxylic acids is 2. The lowest BCUT2D eigenvalue weighted by atomic mass is 9.85. The van der Waals surface area contributed by atoms with Crippen LogP contribution in [0.1, 0.15) is 54.6 Å². The second kappa shape index (κ2) is 10.3. The van der Waals surface area contributed by atoms with E-state index in [2.05, 4.69) is 15.0 Å². The number of ether oxygens (including phenoxy) is 1. The molecular formula is C31H33N7O3. The van der Waals surface area contributed by atoms with Crippen LogP contribution in [0.25, 0.3) is 28.0 Å². The molecule has 10 nitrogen and oxygen atoms in total. The first-order valence-corrected chi connectivity index (χ1v) is 14.3. The van der Waals surface area contributed by atoms with Crippen LogP contribution in [0.2, 0.25) is 0 Å². The number of benzene rings is 1. The number of urea groups is 1. The van der Waals surface area contributed by atoms with Crippen LogP contribution in [0.3, 0.4) is 0 Å². The normalized spacial score (nSPS) is 22.3. The lowest BCUT2D eigenvalue weighted by Gasteiger charge is -2.42. The minimum absolute atomic E-state index is 0.0220. The summed E-state index contributed by atoms with van der Waals surface area (Å²) in [4.78, 5) is 40.1. The Bertz CT molecular complexity index is 1600. The van der Waals surface area contributed by atoms with Gasteiger partial charge in [-0.3, -0.25) is 9.78 Å². The first kappa shape index (κ1) is 25.6. The van der Waals surface area contributed by atoms with Crippen LogP contribution in [0.4, 0.5) is 10.6 Å². The fourth-order valence-corrected chi connectivity index (χ4v) is 6.86. The number of carbonyl (C=O) groups is 2. The maximum atomic E-state index is 13.4. The number of pyridine rings is 1. The van der Waals surface area contributed by atoms with E-state index in [4.69, 9.17) is 15.5 Å². The van der Waals surface area contributed by atoms with Gasteiger partial charge in [0, 0.05) is 54.0 Å². The Morgan fingerprint density at radius 2 is 1.68 bits per heavy atom. The number of morpholine rings is 1. The summed E-state index contributed by atoms with van der Waals surface area (Å²) in [5.74, 6) is 0.197. The van der Waals surface area contributed by atoms with Crippen molar-refractivity contribution in [3.8, 4) is 22.4 Å². The minimum Gasteiger partial charge on any atom is -0.383 e. The van der Waals surface area contributed by atoms with Gasteiger partial charge in [0.25, 0.3) is 0 Å². The van der Waals surface area contributed by atoms with Gasteiger partial charge in [0.15, 0.2) is 11.4 Å². The van der Waals surface area contributed by atoms with Crippen LogP contribution in [0.15, 0.2) is 54.9 Å². The zero-order valence-electron chi connectivity index (χ0n) is 23.1. The van der Waals surface area contributed by atoms with E-state index in [9.17, 15) is 9.59 Å². The third-order valence-electron chi connectivity index (χ3n) is 8.83. The molecule has 0 unspecified atom stereocenters. The SMILES string of the molecule is CC(=O)c1c([C@@H]2C[C@H]3CC[C@@H](C2)N3C(=O)N2CCOCC2)nc2c(-c3ccc(-c4ccccc4)nc3)cnn2c1N. The van der Waals surface area contributed by atoms with Crippen LogP contribution >= 0.6 is 0 Å². The van der Waals surface area contributed by atoms with Crippen LogP contribution in [-0.2, 0) is 4.74 Å². The Morgan fingerprint density at radius 1 is 0.951 bits per heavy atom. The smallest absolute Gasteiger partial charge is 0.320 e. The number of Topliss-reactive ketones (excluding diaryl/α,β-unsaturated/α-hetero) is 1. The highest BCUT2D eigenvalue weighted by molar-refractivity contribution is 6.00. The number of fused-ring (bicyclic) bond motifs is 3. The highest BCUT2D eigenvalue weighted by Gasteiger charge is 2.46. The quantitative estimate of drug-likeness (QED) is 0.373. The maximum absolute atomic E-state index is 13.4. The number of piperidine rings is 1. The summed E-state index contributed by atoms with van der Waals surface area (Å²) < 4.78 is 7.01. The number of aromatic nitrogens is 4. The van der Waals surface area contributed by atoms with E-state index in [1.54, 1.807) is 10.7 Å². The molecule has 3 fully saturated rings. The van der Waals surface area contributed by atoms with Gasteiger partial charge in [0.2, 0.25) is 0 Å². The van der Waals surface area contributed by atoms with Crippen LogP contribution < -0.4 is 5.73 Å². The monoisotopic (exact) mass is 551 g/mol. The number of hydrogen-bond donors (Lipinski definition) is 1. The van der Waals surface area contributed by atoms with Crippen molar-refractivity contribution in [1.82, 2.24) is 29.4 Å². The van der Waals surface area contributed by atoms with Crippen molar-refractivity contribution in [1.29, 1.82) is 0 Å². The molecule has 2 N–H and O–H groups in total. The molecule has 1 aromatic carbocycles. The topological polar surface area (TPSA) is 119 Å². The van der Waals surface area contributed by atoms with Crippen molar-refractivity contribution in [2.45, 2.75) is 50.6 Å². The molecule has 10 heteroatoms. The Balaban J connectivity index is 1.23. The summed E-state index contributed by atoms with van der Waals surface area (Å²) in [6.45, 7) is 3.96. The summed E-state index contributed by atoms with van der Waals surface area (Å²) >= 11 is 0. The van der Waals surface area contributed by atoms with E-state index in [1.807, 2.05) is 53.6 Å². The fourth-order valence-electron chi connectivity index (χ4n) is 6.86. The number of rotatable bonds is 4. The van der Waals surface area contributed by atoms with Crippen molar-refractivity contribution in [2.75, 3.05) is 32.0 Å². The Morgan fingerprint density at radius 3 is 2.34 bits per heavy atom. The Kier molecular flexibility index (Phi) is 6.42. The second-order valence-electron chi connectivity index (χ2n) is 11.2. The molecule has 3 aliphatic rings. The molecule has 2 bridgehead atoms. The van der Waals surface area contributed by atoms with Gasteiger partial charge in [-0.1, -0.05) is 36.4 Å². The zero-order chi connectivity index (χ0) is 28.1. The average molecular weight is 552 g/mol. The number of hydrogen-bond acceptors (Lipinski definition) is 7. The Labute approximate surface area is 238 Å². The predicted octanol–water partition coefficient (Wildman–Crippen LogP) is 4.41. The number of nitrogens with two attached hydrogens (primary N) is 1. The van der Waals surface area contributed by atoms with Gasteiger partial charge in [-0.15, -0.1) is 0 Å². The van der Waals surface area contributed by atoms with Gasteiger partial charge in [-0.25, -0.2) is 9.78 Å². The minimum atomic E-state index is -0.128. The molecule has 3 aromatic heterocycles. The van der Waals surface area contributed by atoms with Gasteiger partial charge >= 0.3 is 6.03 Å². The molecule has 0 radical (unpaired) electrons. The predicted molar refractivity (Wildman–Crippen MR) is 154 cm³/mol. The number of ketones is 1. The second-order valence-corrected chi connectivity index (χ2v) is 11.2. The summed E-state index contributed by atoms with van der Waals surface area (Å²) in [5.41, 5.74) is 12.0. The van der Waals surface area contributed by atoms with Crippen molar-refractivity contribution in [3.63, 3.8) is 0 Å². The van der Waals surface area contributed by atoms with Crippen molar-refractivity contribution in [2.24, 2.45) is 0 Å².